The summed E-state index contributed by atoms with van der Waals surface area (Å²) in [5.74, 6) is -0.255. The summed E-state index contributed by atoms with van der Waals surface area (Å²) in [4.78, 5) is 41.1. The maximum atomic E-state index is 12.7. The normalized spacial score (nSPS) is 14.0. The second-order valence-corrected chi connectivity index (χ2v) is 7.39. The maximum absolute atomic E-state index is 12.7. The Labute approximate surface area is 172 Å². The highest BCUT2D eigenvalue weighted by Crippen LogP contribution is 2.34. The van der Waals surface area contributed by atoms with Crippen LogP contribution in [0.2, 0.25) is 5.02 Å². The van der Waals surface area contributed by atoms with Crippen LogP contribution in [0.5, 0.6) is 0 Å². The number of nitriles is 1. The van der Waals surface area contributed by atoms with Crippen molar-refractivity contribution in [3.8, 4) is 17.3 Å². The Morgan fingerprint density at radius 2 is 2.07 bits per heavy atom. The molecule has 29 heavy (non-hydrogen) atoms. The highest BCUT2D eigenvalue weighted by molar-refractivity contribution is 6.31. The number of hydrogen-bond acceptors (Lipinski definition) is 5. The van der Waals surface area contributed by atoms with Gasteiger partial charge in [-0.2, -0.15) is 5.26 Å². The number of anilines is 1. The second kappa shape index (κ2) is 8.05. The number of halogens is 1. The molecule has 0 radical (unpaired) electrons. The van der Waals surface area contributed by atoms with E-state index in [0.29, 0.717) is 47.1 Å². The Hall–Kier alpha value is -3.18. The third-order valence-electron chi connectivity index (χ3n) is 4.62. The molecule has 0 saturated heterocycles. The molecule has 0 unspecified atom stereocenters. The first-order chi connectivity index (χ1) is 13.8. The third-order valence-corrected chi connectivity index (χ3v) is 4.85. The molecule has 1 aromatic heterocycles. The molecule has 1 aromatic carbocycles. The predicted octanol–water partition coefficient (Wildman–Crippen LogP) is 2.26. The van der Waals surface area contributed by atoms with E-state index in [2.05, 4.69) is 21.7 Å². The van der Waals surface area contributed by atoms with Crippen LogP contribution < -0.4 is 16.2 Å². The van der Waals surface area contributed by atoms with Gasteiger partial charge in [0.1, 0.15) is 17.9 Å². The number of aryl methyl sites for hydroxylation is 1. The Morgan fingerprint density at radius 1 is 1.34 bits per heavy atom. The van der Waals surface area contributed by atoms with Crippen LogP contribution in [0.15, 0.2) is 29.1 Å². The van der Waals surface area contributed by atoms with Gasteiger partial charge in [-0.3, -0.25) is 19.0 Å². The maximum Gasteiger partial charge on any atom is 0.254 e. The lowest BCUT2D eigenvalue weighted by atomic mass is 10.1. The van der Waals surface area contributed by atoms with E-state index < -0.39 is 17.0 Å². The number of hydrogen-bond donors (Lipinski definition) is 2. The lowest BCUT2D eigenvalue weighted by molar-refractivity contribution is -0.122. The smallest absolute Gasteiger partial charge is 0.254 e. The molecule has 1 heterocycles. The molecule has 1 fully saturated rings. The Morgan fingerprint density at radius 3 is 2.66 bits per heavy atom. The lowest BCUT2D eigenvalue weighted by Gasteiger charge is -2.15. The van der Waals surface area contributed by atoms with E-state index in [9.17, 15) is 14.4 Å². The zero-order valence-electron chi connectivity index (χ0n) is 16.1. The van der Waals surface area contributed by atoms with Gasteiger partial charge in [0, 0.05) is 30.0 Å². The van der Waals surface area contributed by atoms with Crippen LogP contribution in [0.3, 0.4) is 0 Å². The van der Waals surface area contributed by atoms with Crippen LogP contribution in [0.25, 0.3) is 11.3 Å². The zero-order valence-corrected chi connectivity index (χ0v) is 16.8. The summed E-state index contributed by atoms with van der Waals surface area (Å²) in [6.07, 6.45) is 1.65. The van der Waals surface area contributed by atoms with Crippen LogP contribution >= 0.6 is 11.6 Å². The van der Waals surface area contributed by atoms with E-state index in [1.807, 2.05) is 6.92 Å². The molecule has 3 rings (SSSR count). The van der Waals surface area contributed by atoms with E-state index in [-0.39, 0.29) is 12.5 Å². The van der Waals surface area contributed by atoms with E-state index in [4.69, 9.17) is 16.9 Å². The molecule has 0 spiro atoms. The first-order valence-electron chi connectivity index (χ1n) is 9.17. The minimum atomic E-state index is -0.795. The fourth-order valence-corrected chi connectivity index (χ4v) is 3.18. The number of nitrogens with one attached hydrogen (secondary N) is 2. The Balaban J connectivity index is 1.95. The SMILES string of the molecule is CCc1nc(-c2ccc(Cl)cc2NC(C)=O)cc(=O)n1CC(=O)NC1(C#N)CC1. The van der Waals surface area contributed by atoms with Crippen LogP contribution in [0, 0.1) is 11.3 Å². The molecule has 2 amide bonds. The summed E-state index contributed by atoms with van der Waals surface area (Å²) in [5, 5.41) is 14.9. The first kappa shape index (κ1) is 20.6. The van der Waals surface area contributed by atoms with Crippen molar-refractivity contribution >= 4 is 29.1 Å². The molecule has 0 aliphatic heterocycles. The highest BCUT2D eigenvalue weighted by Gasteiger charge is 2.44. The van der Waals surface area contributed by atoms with Crippen molar-refractivity contribution < 1.29 is 9.59 Å². The van der Waals surface area contributed by atoms with E-state index in [0.717, 1.165) is 0 Å². The summed E-state index contributed by atoms with van der Waals surface area (Å²) >= 11 is 6.02. The minimum absolute atomic E-state index is 0.210. The summed E-state index contributed by atoms with van der Waals surface area (Å²) in [7, 11) is 0. The monoisotopic (exact) mass is 413 g/mol. The molecule has 9 heteroatoms. The van der Waals surface area contributed by atoms with Gasteiger partial charge in [-0.1, -0.05) is 18.5 Å². The zero-order chi connectivity index (χ0) is 21.2. The number of benzene rings is 1. The molecule has 1 aliphatic rings. The van der Waals surface area contributed by atoms with Gasteiger partial charge in [-0.15, -0.1) is 0 Å². The molecule has 1 aliphatic carbocycles. The van der Waals surface area contributed by atoms with Gasteiger partial charge in [-0.25, -0.2) is 4.98 Å². The number of carbonyl (C=O) groups excluding carboxylic acids is 2. The number of amides is 2. The third kappa shape index (κ3) is 4.63. The van der Waals surface area contributed by atoms with Gasteiger partial charge in [0.05, 0.1) is 17.5 Å². The summed E-state index contributed by atoms with van der Waals surface area (Å²) in [5.41, 5.74) is 0.178. The van der Waals surface area contributed by atoms with E-state index in [1.54, 1.807) is 18.2 Å². The van der Waals surface area contributed by atoms with Crippen molar-refractivity contribution in [2.75, 3.05) is 5.32 Å². The number of nitrogens with zero attached hydrogens (tertiary/aromatic N) is 3. The standard InChI is InChI=1S/C20H20ClN5O3/c1-3-17-24-16(14-5-4-13(21)8-15(14)23-12(2)27)9-19(29)26(17)10-18(28)25-20(11-22)6-7-20/h4-5,8-9H,3,6-7,10H2,1-2H3,(H,23,27)(H,25,28). The largest absolute Gasteiger partial charge is 0.336 e. The van der Waals surface area contributed by atoms with Crippen LogP contribution in [-0.4, -0.2) is 26.9 Å². The second-order valence-electron chi connectivity index (χ2n) is 6.95. The van der Waals surface area contributed by atoms with Crippen LogP contribution in [0.1, 0.15) is 32.5 Å². The quantitative estimate of drug-likeness (QED) is 0.753. The van der Waals surface area contributed by atoms with Crippen LogP contribution in [-0.2, 0) is 22.6 Å². The van der Waals surface area contributed by atoms with Gasteiger partial charge in [0.15, 0.2) is 0 Å². The highest BCUT2D eigenvalue weighted by atomic mass is 35.5. The molecule has 2 aromatic rings. The predicted molar refractivity (Wildman–Crippen MR) is 108 cm³/mol. The van der Waals surface area contributed by atoms with Crippen molar-refractivity contribution in [3.63, 3.8) is 0 Å². The summed E-state index contributed by atoms with van der Waals surface area (Å²) in [6, 6.07) is 8.31. The molecule has 0 bridgehead atoms. The fraction of sp³-hybridized carbons (Fsp3) is 0.350. The van der Waals surface area contributed by atoms with Crippen LogP contribution in [0.4, 0.5) is 5.69 Å². The first-order valence-corrected chi connectivity index (χ1v) is 9.55. The summed E-state index contributed by atoms with van der Waals surface area (Å²) < 4.78 is 1.29. The molecule has 8 nitrogen and oxygen atoms in total. The van der Waals surface area contributed by atoms with Crippen molar-refractivity contribution in [2.45, 2.75) is 45.2 Å². The van der Waals surface area contributed by atoms with Gasteiger partial charge in [-0.05, 0) is 31.0 Å². The lowest BCUT2D eigenvalue weighted by Crippen LogP contribution is -2.40. The van der Waals surface area contributed by atoms with Gasteiger partial charge >= 0.3 is 0 Å². The van der Waals surface area contributed by atoms with Gasteiger partial charge in [0.2, 0.25) is 11.8 Å². The number of aromatic nitrogens is 2. The molecule has 150 valence electrons. The molecule has 1 saturated carbocycles. The average Bonchev–Trinajstić information content (AvgIpc) is 3.42. The Bertz CT molecular complexity index is 1080. The molecular formula is C20H20ClN5O3. The van der Waals surface area contributed by atoms with Crippen molar-refractivity contribution in [1.29, 1.82) is 5.26 Å². The molecule has 0 atom stereocenters. The number of carbonyl (C=O) groups is 2. The Kier molecular flexibility index (Phi) is 5.71. The van der Waals surface area contributed by atoms with E-state index in [1.165, 1.54) is 17.6 Å². The summed E-state index contributed by atoms with van der Waals surface area (Å²) in [6.45, 7) is 2.99. The fourth-order valence-electron chi connectivity index (χ4n) is 3.00. The average molecular weight is 414 g/mol. The topological polar surface area (TPSA) is 117 Å². The van der Waals surface area contributed by atoms with Gasteiger partial charge in [0.25, 0.3) is 5.56 Å². The van der Waals surface area contributed by atoms with E-state index >= 15 is 0 Å². The molecule has 2 N–H and O–H groups in total. The van der Waals surface area contributed by atoms with Crippen molar-refractivity contribution in [2.24, 2.45) is 0 Å². The van der Waals surface area contributed by atoms with Crippen molar-refractivity contribution in [3.05, 3.63) is 45.5 Å². The minimum Gasteiger partial charge on any atom is -0.336 e. The number of rotatable bonds is 6. The molecular weight excluding hydrogens is 394 g/mol. The van der Waals surface area contributed by atoms with Gasteiger partial charge < -0.3 is 10.6 Å². The van der Waals surface area contributed by atoms with Crippen molar-refractivity contribution in [1.82, 2.24) is 14.9 Å².